The van der Waals surface area contributed by atoms with Crippen LogP contribution < -0.4 is 0 Å². The van der Waals surface area contributed by atoms with Gasteiger partial charge in [-0.15, -0.1) is 0 Å². The van der Waals surface area contributed by atoms with Gasteiger partial charge in [0.05, 0.1) is 12.1 Å². The standard InChI is InChI=1S/C17H19N/c1-2-13-18-16(14-9-5-3-6-10-14)17(18)15-11-7-4-8-12-15/h3-12,16-17H,2,13H2,1H3/t16-,17?,18?/m0/s1. The number of hydrogen-bond donors (Lipinski definition) is 0. The first-order valence-corrected chi connectivity index (χ1v) is 6.77. The van der Waals surface area contributed by atoms with Gasteiger partial charge in [0.25, 0.3) is 0 Å². The Balaban J connectivity index is 1.86. The summed E-state index contributed by atoms with van der Waals surface area (Å²) in [4.78, 5) is 2.59. The van der Waals surface area contributed by atoms with Gasteiger partial charge in [-0.25, -0.2) is 0 Å². The maximum absolute atomic E-state index is 2.59. The Hall–Kier alpha value is -1.60. The third-order valence-corrected chi connectivity index (χ3v) is 3.69. The molecule has 0 aliphatic carbocycles. The topological polar surface area (TPSA) is 3.01 Å². The SMILES string of the molecule is CCCN1C(c2ccccc2)[C@@H]1c1ccccc1. The molecule has 0 bridgehead atoms. The number of benzene rings is 2. The van der Waals surface area contributed by atoms with Crippen molar-refractivity contribution in [2.45, 2.75) is 25.4 Å². The fraction of sp³-hybridized carbons (Fsp3) is 0.294. The Morgan fingerprint density at radius 2 is 1.22 bits per heavy atom. The van der Waals surface area contributed by atoms with Crippen LogP contribution in [0.5, 0.6) is 0 Å². The highest BCUT2D eigenvalue weighted by molar-refractivity contribution is 5.34. The van der Waals surface area contributed by atoms with Crippen LogP contribution in [0.3, 0.4) is 0 Å². The van der Waals surface area contributed by atoms with Gasteiger partial charge in [0, 0.05) is 0 Å². The number of rotatable bonds is 4. The maximum Gasteiger partial charge on any atom is 0.0552 e. The van der Waals surface area contributed by atoms with E-state index in [1.807, 2.05) is 0 Å². The Morgan fingerprint density at radius 1 is 0.778 bits per heavy atom. The van der Waals surface area contributed by atoms with Crippen molar-refractivity contribution in [2.24, 2.45) is 0 Å². The second-order valence-electron chi connectivity index (χ2n) is 4.95. The van der Waals surface area contributed by atoms with E-state index >= 15 is 0 Å². The first-order chi connectivity index (χ1) is 8.92. The van der Waals surface area contributed by atoms with Gasteiger partial charge in [0.2, 0.25) is 0 Å². The first kappa shape index (κ1) is 11.5. The lowest BCUT2D eigenvalue weighted by molar-refractivity contribution is 0.482. The van der Waals surface area contributed by atoms with Gasteiger partial charge in [-0.05, 0) is 24.1 Å². The summed E-state index contributed by atoms with van der Waals surface area (Å²) in [6, 6.07) is 22.9. The van der Waals surface area contributed by atoms with Gasteiger partial charge in [-0.1, -0.05) is 67.6 Å². The van der Waals surface area contributed by atoms with Crippen molar-refractivity contribution < 1.29 is 0 Å². The molecule has 0 N–H and O–H groups in total. The Kier molecular flexibility index (Phi) is 3.16. The van der Waals surface area contributed by atoms with Gasteiger partial charge >= 0.3 is 0 Å². The quantitative estimate of drug-likeness (QED) is 0.720. The highest BCUT2D eigenvalue weighted by Crippen LogP contribution is 2.54. The van der Waals surface area contributed by atoms with E-state index < -0.39 is 0 Å². The van der Waals surface area contributed by atoms with Crippen LogP contribution in [0, 0.1) is 0 Å². The Labute approximate surface area is 109 Å². The monoisotopic (exact) mass is 237 g/mol. The molecule has 1 nitrogen and oxygen atoms in total. The molecule has 1 aliphatic rings. The normalized spacial score (nSPS) is 25.9. The summed E-state index contributed by atoms with van der Waals surface area (Å²) in [7, 11) is 0. The summed E-state index contributed by atoms with van der Waals surface area (Å²) >= 11 is 0. The smallest absolute Gasteiger partial charge is 0.0552 e. The van der Waals surface area contributed by atoms with Crippen LogP contribution in [0.15, 0.2) is 60.7 Å². The van der Waals surface area contributed by atoms with Crippen LogP contribution in [0.4, 0.5) is 0 Å². The summed E-state index contributed by atoms with van der Waals surface area (Å²) in [5.41, 5.74) is 2.89. The fourth-order valence-corrected chi connectivity index (χ4v) is 2.86. The van der Waals surface area contributed by atoms with Crippen molar-refractivity contribution in [1.82, 2.24) is 4.90 Å². The third-order valence-electron chi connectivity index (χ3n) is 3.69. The molecule has 1 saturated heterocycles. The van der Waals surface area contributed by atoms with Gasteiger partial charge in [-0.3, -0.25) is 4.90 Å². The molecule has 0 amide bonds. The lowest BCUT2D eigenvalue weighted by atomic mass is 10.0. The highest BCUT2D eigenvalue weighted by atomic mass is 15.3. The van der Waals surface area contributed by atoms with Crippen LogP contribution in [0.25, 0.3) is 0 Å². The number of nitrogens with zero attached hydrogens (tertiary/aromatic N) is 1. The average Bonchev–Trinajstić information content (AvgIpc) is 3.15. The van der Waals surface area contributed by atoms with Crippen LogP contribution in [0.1, 0.15) is 36.6 Å². The van der Waals surface area contributed by atoms with Gasteiger partial charge in [-0.2, -0.15) is 0 Å². The van der Waals surface area contributed by atoms with E-state index in [4.69, 9.17) is 0 Å². The molecule has 0 aromatic heterocycles. The molecule has 2 aromatic carbocycles. The largest absolute Gasteiger partial charge is 0.286 e. The minimum atomic E-state index is 0.577. The van der Waals surface area contributed by atoms with Crippen molar-refractivity contribution in [3.8, 4) is 0 Å². The van der Waals surface area contributed by atoms with E-state index in [1.54, 1.807) is 0 Å². The third kappa shape index (κ3) is 2.06. The molecular formula is C17H19N. The van der Waals surface area contributed by atoms with Crippen LogP contribution in [-0.4, -0.2) is 11.4 Å². The summed E-state index contributed by atoms with van der Waals surface area (Å²) in [6.45, 7) is 3.43. The lowest BCUT2D eigenvalue weighted by Gasteiger charge is -2.00. The minimum Gasteiger partial charge on any atom is -0.286 e. The summed E-state index contributed by atoms with van der Waals surface area (Å²) < 4.78 is 0. The molecule has 92 valence electrons. The van der Waals surface area contributed by atoms with Crippen molar-refractivity contribution >= 4 is 0 Å². The molecule has 2 unspecified atom stereocenters. The summed E-state index contributed by atoms with van der Waals surface area (Å²) in [5, 5.41) is 0. The minimum absolute atomic E-state index is 0.577. The van der Waals surface area contributed by atoms with Gasteiger partial charge in [0.1, 0.15) is 0 Å². The molecule has 3 rings (SSSR count). The molecule has 0 saturated carbocycles. The molecule has 18 heavy (non-hydrogen) atoms. The molecule has 0 radical (unpaired) electrons. The first-order valence-electron chi connectivity index (χ1n) is 6.77. The van der Waals surface area contributed by atoms with Crippen LogP contribution in [-0.2, 0) is 0 Å². The second-order valence-corrected chi connectivity index (χ2v) is 4.95. The molecule has 0 spiro atoms. The van der Waals surface area contributed by atoms with Crippen molar-refractivity contribution in [3.05, 3.63) is 71.8 Å². The van der Waals surface area contributed by atoms with E-state index in [0.29, 0.717) is 12.1 Å². The predicted octanol–water partition coefficient (Wildman–Crippen LogP) is 4.19. The zero-order valence-corrected chi connectivity index (χ0v) is 10.8. The zero-order chi connectivity index (χ0) is 12.4. The van der Waals surface area contributed by atoms with Crippen LogP contribution in [0.2, 0.25) is 0 Å². The summed E-state index contributed by atoms with van der Waals surface area (Å²) in [5.74, 6) is 0. The molecular weight excluding hydrogens is 218 g/mol. The van der Waals surface area contributed by atoms with Gasteiger partial charge in [0.15, 0.2) is 0 Å². The van der Waals surface area contributed by atoms with Crippen molar-refractivity contribution in [1.29, 1.82) is 0 Å². The number of hydrogen-bond acceptors (Lipinski definition) is 1. The average molecular weight is 237 g/mol. The molecule has 1 heteroatoms. The van der Waals surface area contributed by atoms with E-state index in [2.05, 4.69) is 72.5 Å². The molecule has 2 aromatic rings. The van der Waals surface area contributed by atoms with E-state index in [-0.39, 0.29) is 0 Å². The highest BCUT2D eigenvalue weighted by Gasteiger charge is 2.48. The molecule has 1 fully saturated rings. The maximum atomic E-state index is 2.59. The Morgan fingerprint density at radius 3 is 1.61 bits per heavy atom. The molecule has 1 aliphatic heterocycles. The molecule has 3 atom stereocenters. The van der Waals surface area contributed by atoms with E-state index in [1.165, 1.54) is 24.1 Å². The Bertz CT molecular complexity index is 446. The summed E-state index contributed by atoms with van der Waals surface area (Å²) in [6.07, 6.45) is 1.21. The predicted molar refractivity (Wildman–Crippen MR) is 75.4 cm³/mol. The molecule has 1 heterocycles. The van der Waals surface area contributed by atoms with Crippen molar-refractivity contribution in [2.75, 3.05) is 6.54 Å². The fourth-order valence-electron chi connectivity index (χ4n) is 2.86. The van der Waals surface area contributed by atoms with E-state index in [0.717, 1.165) is 0 Å². The van der Waals surface area contributed by atoms with Crippen molar-refractivity contribution in [3.63, 3.8) is 0 Å². The second kappa shape index (κ2) is 4.95. The lowest BCUT2D eigenvalue weighted by Crippen LogP contribution is -2.00. The van der Waals surface area contributed by atoms with Crippen LogP contribution >= 0.6 is 0 Å². The van der Waals surface area contributed by atoms with Gasteiger partial charge < -0.3 is 0 Å². The zero-order valence-electron chi connectivity index (χ0n) is 10.8. The van der Waals surface area contributed by atoms with E-state index in [9.17, 15) is 0 Å².